The van der Waals surface area contributed by atoms with Gasteiger partial charge in [0.15, 0.2) is 0 Å². The van der Waals surface area contributed by atoms with Crippen LogP contribution in [0.5, 0.6) is 0 Å². The maximum absolute atomic E-state index is 13.1. The lowest BCUT2D eigenvalue weighted by Gasteiger charge is -2.32. The van der Waals surface area contributed by atoms with Gasteiger partial charge in [-0.1, -0.05) is 6.42 Å². The molecule has 1 aromatic carbocycles. The minimum absolute atomic E-state index is 0.241. The Labute approximate surface area is 118 Å². The molecule has 1 fully saturated rings. The highest BCUT2D eigenvalue weighted by Crippen LogP contribution is 2.16. The van der Waals surface area contributed by atoms with Gasteiger partial charge in [-0.2, -0.15) is 0 Å². The van der Waals surface area contributed by atoms with Crippen LogP contribution in [0.2, 0.25) is 0 Å². The van der Waals surface area contributed by atoms with Gasteiger partial charge >= 0.3 is 0 Å². The Morgan fingerprint density at radius 2 is 2.15 bits per heavy atom. The predicted octanol–water partition coefficient (Wildman–Crippen LogP) is 2.99. The monoisotopic (exact) mass is 276 g/mol. The molecular formula is C15H21FN4. The Morgan fingerprint density at radius 1 is 1.35 bits per heavy atom. The highest BCUT2D eigenvalue weighted by Gasteiger charge is 2.16. The van der Waals surface area contributed by atoms with Gasteiger partial charge in [-0.05, 0) is 51.1 Å². The topological polar surface area (TPSA) is 44.0 Å². The number of aromatic nitrogens is 2. The van der Waals surface area contributed by atoms with E-state index in [0.29, 0.717) is 6.04 Å². The number of H-pyrrole nitrogens is 1. The molecule has 5 heteroatoms. The summed E-state index contributed by atoms with van der Waals surface area (Å²) in [7, 11) is 0. The normalized spacial score (nSPS) is 18.3. The second-order valence-corrected chi connectivity index (χ2v) is 5.57. The number of benzene rings is 1. The van der Waals surface area contributed by atoms with Crippen LogP contribution in [-0.4, -0.2) is 40.5 Å². The average Bonchev–Trinajstić information content (AvgIpc) is 2.87. The fourth-order valence-corrected chi connectivity index (χ4v) is 2.80. The number of halogens is 1. The number of fused-ring (bicyclic) bond motifs is 1. The molecule has 0 aliphatic carbocycles. The number of rotatable bonds is 4. The summed E-state index contributed by atoms with van der Waals surface area (Å²) in [6.07, 6.45) is 3.95. The first kappa shape index (κ1) is 13.4. The predicted molar refractivity (Wildman–Crippen MR) is 79.4 cm³/mol. The fourth-order valence-electron chi connectivity index (χ4n) is 2.80. The van der Waals surface area contributed by atoms with Gasteiger partial charge in [0.25, 0.3) is 0 Å². The molecule has 1 aromatic heterocycles. The first-order chi connectivity index (χ1) is 9.72. The van der Waals surface area contributed by atoms with E-state index in [2.05, 4.69) is 27.1 Å². The summed E-state index contributed by atoms with van der Waals surface area (Å²) in [5.74, 6) is 0.476. The smallest absolute Gasteiger partial charge is 0.201 e. The molecule has 0 spiro atoms. The third kappa shape index (κ3) is 2.93. The summed E-state index contributed by atoms with van der Waals surface area (Å²) < 4.78 is 13.1. The van der Waals surface area contributed by atoms with Crippen molar-refractivity contribution in [3.05, 3.63) is 24.0 Å². The van der Waals surface area contributed by atoms with Crippen LogP contribution in [0, 0.1) is 5.82 Å². The Bertz CT molecular complexity index is 574. The number of hydrogen-bond donors (Lipinski definition) is 2. The second-order valence-electron chi connectivity index (χ2n) is 5.57. The number of anilines is 1. The number of aromatic amines is 1. The van der Waals surface area contributed by atoms with E-state index in [-0.39, 0.29) is 5.82 Å². The van der Waals surface area contributed by atoms with Crippen molar-refractivity contribution in [3.63, 3.8) is 0 Å². The van der Waals surface area contributed by atoms with E-state index in [1.807, 2.05) is 0 Å². The van der Waals surface area contributed by atoms with Crippen molar-refractivity contribution in [2.24, 2.45) is 0 Å². The van der Waals surface area contributed by atoms with E-state index >= 15 is 0 Å². The first-order valence-electron chi connectivity index (χ1n) is 7.35. The molecule has 2 heterocycles. The van der Waals surface area contributed by atoms with Gasteiger partial charge in [0.05, 0.1) is 11.0 Å². The summed E-state index contributed by atoms with van der Waals surface area (Å²) in [6, 6.07) is 5.09. The zero-order chi connectivity index (χ0) is 13.9. The lowest BCUT2D eigenvalue weighted by Crippen LogP contribution is -2.41. The van der Waals surface area contributed by atoms with E-state index in [1.165, 1.54) is 44.5 Å². The molecule has 2 N–H and O–H groups in total. The molecule has 1 unspecified atom stereocenters. The number of imidazole rings is 1. The average molecular weight is 276 g/mol. The van der Waals surface area contributed by atoms with Gasteiger partial charge in [-0.25, -0.2) is 9.37 Å². The van der Waals surface area contributed by atoms with Crippen LogP contribution in [0.4, 0.5) is 10.3 Å². The van der Waals surface area contributed by atoms with E-state index in [9.17, 15) is 4.39 Å². The van der Waals surface area contributed by atoms with Gasteiger partial charge in [0.2, 0.25) is 5.95 Å². The maximum Gasteiger partial charge on any atom is 0.201 e. The van der Waals surface area contributed by atoms with Crippen LogP contribution < -0.4 is 5.32 Å². The van der Waals surface area contributed by atoms with Crippen LogP contribution in [0.15, 0.2) is 18.2 Å². The third-order valence-electron chi connectivity index (χ3n) is 4.02. The van der Waals surface area contributed by atoms with Crippen LogP contribution in [0.3, 0.4) is 0 Å². The van der Waals surface area contributed by atoms with Crippen LogP contribution in [0.25, 0.3) is 11.0 Å². The molecule has 0 saturated carbocycles. The minimum Gasteiger partial charge on any atom is -0.354 e. The lowest BCUT2D eigenvalue weighted by molar-refractivity contribution is 0.180. The second kappa shape index (κ2) is 5.79. The summed E-state index contributed by atoms with van der Waals surface area (Å²) in [5.41, 5.74) is 1.53. The largest absolute Gasteiger partial charge is 0.354 e. The molecule has 1 aliphatic rings. The van der Waals surface area contributed by atoms with Crippen molar-refractivity contribution in [3.8, 4) is 0 Å². The number of likely N-dealkylation sites (tertiary alicyclic amines) is 1. The molecule has 1 saturated heterocycles. The SMILES string of the molecule is CC(CNc1nc2ccc(F)cc2[nH]1)N1CCCCC1. The molecule has 20 heavy (non-hydrogen) atoms. The quantitative estimate of drug-likeness (QED) is 0.902. The van der Waals surface area contributed by atoms with Gasteiger partial charge in [-0.15, -0.1) is 0 Å². The molecule has 1 aliphatic heterocycles. The van der Waals surface area contributed by atoms with Crippen molar-refractivity contribution in [1.29, 1.82) is 0 Å². The van der Waals surface area contributed by atoms with Crippen LogP contribution in [0.1, 0.15) is 26.2 Å². The highest BCUT2D eigenvalue weighted by molar-refractivity contribution is 5.77. The van der Waals surface area contributed by atoms with Crippen molar-refractivity contribution in [2.45, 2.75) is 32.2 Å². The Balaban J connectivity index is 1.61. The van der Waals surface area contributed by atoms with Crippen molar-refractivity contribution >= 4 is 17.0 Å². The Hall–Kier alpha value is -1.62. The number of nitrogens with one attached hydrogen (secondary N) is 2. The fraction of sp³-hybridized carbons (Fsp3) is 0.533. The van der Waals surface area contributed by atoms with E-state index < -0.39 is 0 Å². The zero-order valence-corrected chi connectivity index (χ0v) is 11.8. The Morgan fingerprint density at radius 3 is 2.95 bits per heavy atom. The molecule has 0 bridgehead atoms. The summed E-state index contributed by atoms with van der Waals surface area (Å²) in [6.45, 7) is 5.46. The van der Waals surface area contributed by atoms with Crippen LogP contribution in [-0.2, 0) is 0 Å². The number of hydrogen-bond acceptors (Lipinski definition) is 3. The van der Waals surface area contributed by atoms with Crippen molar-refractivity contribution < 1.29 is 4.39 Å². The summed E-state index contributed by atoms with van der Waals surface area (Å²) >= 11 is 0. The minimum atomic E-state index is -0.241. The summed E-state index contributed by atoms with van der Waals surface area (Å²) in [5, 5.41) is 3.32. The highest BCUT2D eigenvalue weighted by atomic mass is 19.1. The molecule has 0 radical (unpaired) electrons. The summed E-state index contributed by atoms with van der Waals surface area (Å²) in [4.78, 5) is 10.0. The number of piperidine rings is 1. The zero-order valence-electron chi connectivity index (χ0n) is 11.8. The molecular weight excluding hydrogens is 255 g/mol. The van der Waals surface area contributed by atoms with Crippen LogP contribution >= 0.6 is 0 Å². The number of nitrogens with zero attached hydrogens (tertiary/aromatic N) is 2. The molecule has 1 atom stereocenters. The molecule has 0 amide bonds. The third-order valence-corrected chi connectivity index (χ3v) is 4.02. The van der Waals surface area contributed by atoms with Gasteiger partial charge < -0.3 is 10.3 Å². The molecule has 3 rings (SSSR count). The molecule has 108 valence electrons. The standard InChI is InChI=1S/C15H21FN4/c1-11(20-7-3-2-4-8-20)10-17-15-18-13-6-5-12(16)9-14(13)19-15/h5-6,9,11H,2-4,7-8,10H2,1H3,(H2,17,18,19). The van der Waals surface area contributed by atoms with Crippen molar-refractivity contribution in [2.75, 3.05) is 25.0 Å². The van der Waals surface area contributed by atoms with E-state index in [0.717, 1.165) is 23.5 Å². The van der Waals surface area contributed by atoms with Gasteiger partial charge in [0, 0.05) is 12.6 Å². The lowest BCUT2D eigenvalue weighted by atomic mass is 10.1. The van der Waals surface area contributed by atoms with E-state index in [4.69, 9.17) is 0 Å². The Kier molecular flexibility index (Phi) is 3.87. The van der Waals surface area contributed by atoms with Gasteiger partial charge in [-0.3, -0.25) is 4.90 Å². The van der Waals surface area contributed by atoms with E-state index in [1.54, 1.807) is 6.07 Å². The van der Waals surface area contributed by atoms with Crippen molar-refractivity contribution in [1.82, 2.24) is 14.9 Å². The first-order valence-corrected chi connectivity index (χ1v) is 7.35. The maximum atomic E-state index is 13.1. The molecule has 2 aromatic rings. The molecule has 4 nitrogen and oxygen atoms in total. The van der Waals surface area contributed by atoms with Gasteiger partial charge in [0.1, 0.15) is 5.82 Å².